The molecule has 0 spiro atoms. The van der Waals surface area contributed by atoms with Crippen molar-refractivity contribution in [2.75, 3.05) is 36.5 Å². The normalized spacial score (nSPS) is 10.8. The molecule has 0 aliphatic rings. The fourth-order valence-corrected chi connectivity index (χ4v) is 1.74. The lowest BCUT2D eigenvalue weighted by molar-refractivity contribution is 0.149. The lowest BCUT2D eigenvalue weighted by atomic mass is 10.4. The standard InChI is InChI=1S/C15H22N6O5/c1-5-9-20(10-6-2)11-16-12(18-14(22)25-7-3)21(24)13(17-11)19-15(23)26-8-4/h5-6,24H,1-2,7-10H2,3-4H3,(H,16,17,18,19,22,23). The highest BCUT2D eigenvalue weighted by Crippen LogP contribution is 2.09. The Morgan fingerprint density at radius 1 is 1.23 bits per heavy atom. The van der Waals surface area contributed by atoms with Crippen molar-refractivity contribution in [1.29, 1.82) is 0 Å². The van der Waals surface area contributed by atoms with Gasteiger partial charge in [0.2, 0.25) is 5.95 Å². The predicted molar refractivity (Wildman–Crippen MR) is 93.0 cm³/mol. The Hall–Kier alpha value is -3.37. The molecule has 1 aromatic rings. The minimum atomic E-state index is -0.957. The molecule has 0 aromatic carbocycles. The van der Waals surface area contributed by atoms with Gasteiger partial charge in [0, 0.05) is 13.1 Å². The van der Waals surface area contributed by atoms with Gasteiger partial charge in [-0.25, -0.2) is 9.59 Å². The van der Waals surface area contributed by atoms with Crippen molar-refractivity contribution in [3.63, 3.8) is 0 Å². The number of hydrogen-bond donors (Lipinski definition) is 2. The number of carbonyl (C=O) groups excluding carboxylic acids is 2. The molecule has 0 aliphatic heterocycles. The minimum absolute atomic E-state index is 0.0740. The number of nitrogens with one attached hydrogen (secondary N) is 1. The van der Waals surface area contributed by atoms with Gasteiger partial charge in [-0.2, -0.15) is 9.97 Å². The molecule has 0 saturated carbocycles. The SMILES string of the molecule is C=CCN(CC=C)c1nc(NC(=O)OCC)n(O)c(=NC(=O)OCC)n1. The van der Waals surface area contributed by atoms with E-state index < -0.39 is 17.8 Å². The molecule has 2 amide bonds. The van der Waals surface area contributed by atoms with Gasteiger partial charge in [-0.1, -0.05) is 12.2 Å². The van der Waals surface area contributed by atoms with E-state index in [4.69, 9.17) is 9.47 Å². The zero-order valence-corrected chi connectivity index (χ0v) is 14.7. The highest BCUT2D eigenvalue weighted by atomic mass is 16.6. The van der Waals surface area contributed by atoms with Crippen LogP contribution < -0.4 is 15.8 Å². The van der Waals surface area contributed by atoms with E-state index in [1.807, 2.05) is 0 Å². The van der Waals surface area contributed by atoms with Gasteiger partial charge in [0.25, 0.3) is 11.6 Å². The first kappa shape index (κ1) is 20.7. The first-order chi connectivity index (χ1) is 12.5. The Balaban J connectivity index is 3.45. The monoisotopic (exact) mass is 366 g/mol. The van der Waals surface area contributed by atoms with Gasteiger partial charge in [0.1, 0.15) is 0 Å². The van der Waals surface area contributed by atoms with Crippen LogP contribution in [0.3, 0.4) is 0 Å². The maximum atomic E-state index is 11.6. The summed E-state index contributed by atoms with van der Waals surface area (Å²) in [5.74, 6) is -0.264. The van der Waals surface area contributed by atoms with Crippen LogP contribution in [0.5, 0.6) is 0 Å². The summed E-state index contributed by atoms with van der Waals surface area (Å²) in [5, 5.41) is 12.4. The number of carbonyl (C=O) groups is 2. The van der Waals surface area contributed by atoms with Crippen molar-refractivity contribution >= 4 is 24.1 Å². The molecular weight excluding hydrogens is 344 g/mol. The van der Waals surface area contributed by atoms with E-state index in [2.05, 4.69) is 33.4 Å². The van der Waals surface area contributed by atoms with Crippen LogP contribution in [-0.4, -0.2) is 58.4 Å². The van der Waals surface area contributed by atoms with Crippen molar-refractivity contribution in [2.45, 2.75) is 13.8 Å². The van der Waals surface area contributed by atoms with Gasteiger partial charge < -0.3 is 19.6 Å². The number of aromatic nitrogens is 3. The molecule has 26 heavy (non-hydrogen) atoms. The fourth-order valence-electron chi connectivity index (χ4n) is 1.74. The van der Waals surface area contributed by atoms with Crippen LogP contribution in [0.2, 0.25) is 0 Å². The van der Waals surface area contributed by atoms with Crippen LogP contribution in [0.1, 0.15) is 13.8 Å². The van der Waals surface area contributed by atoms with E-state index in [-0.39, 0.29) is 25.1 Å². The second kappa shape index (κ2) is 10.5. The molecule has 0 radical (unpaired) electrons. The first-order valence-corrected chi connectivity index (χ1v) is 7.79. The van der Waals surface area contributed by atoms with Crippen molar-refractivity contribution in [2.24, 2.45) is 4.99 Å². The fraction of sp³-hybridized carbons (Fsp3) is 0.400. The average Bonchev–Trinajstić information content (AvgIpc) is 2.58. The van der Waals surface area contributed by atoms with Gasteiger partial charge in [-0.05, 0) is 13.8 Å². The summed E-state index contributed by atoms with van der Waals surface area (Å²) in [6.45, 7) is 11.4. The summed E-state index contributed by atoms with van der Waals surface area (Å²) < 4.78 is 9.80. The third kappa shape index (κ3) is 5.92. The molecule has 0 fully saturated rings. The molecule has 1 aromatic heterocycles. The molecule has 0 aliphatic carbocycles. The third-order valence-electron chi connectivity index (χ3n) is 2.73. The number of amides is 2. The van der Waals surface area contributed by atoms with Crippen LogP contribution in [0, 0.1) is 0 Å². The Bertz CT molecular complexity index is 720. The largest absolute Gasteiger partial charge is 0.450 e. The summed E-state index contributed by atoms with van der Waals surface area (Å²) in [6.07, 6.45) is 1.41. The zero-order valence-electron chi connectivity index (χ0n) is 14.7. The van der Waals surface area contributed by atoms with E-state index in [9.17, 15) is 14.8 Å². The van der Waals surface area contributed by atoms with Gasteiger partial charge >= 0.3 is 12.2 Å². The number of anilines is 2. The van der Waals surface area contributed by atoms with Crippen LogP contribution in [0.4, 0.5) is 21.5 Å². The summed E-state index contributed by atoms with van der Waals surface area (Å²) in [6, 6.07) is 0. The maximum absolute atomic E-state index is 11.6. The van der Waals surface area contributed by atoms with E-state index in [1.165, 1.54) is 0 Å². The molecule has 11 heteroatoms. The van der Waals surface area contributed by atoms with E-state index in [0.29, 0.717) is 17.8 Å². The molecule has 2 N–H and O–H groups in total. The molecule has 1 rings (SSSR count). The number of hydrogen-bond acceptors (Lipinski definition) is 8. The molecule has 0 atom stereocenters. The molecular formula is C15H22N6O5. The smallest absolute Gasteiger partial charge is 0.437 e. The van der Waals surface area contributed by atoms with Crippen LogP contribution in [0.15, 0.2) is 30.3 Å². The predicted octanol–water partition coefficient (Wildman–Crippen LogP) is 1.32. The van der Waals surface area contributed by atoms with Gasteiger partial charge in [-0.3, -0.25) is 5.32 Å². The highest BCUT2D eigenvalue weighted by Gasteiger charge is 2.16. The maximum Gasteiger partial charge on any atom is 0.437 e. The Labute approximate surface area is 150 Å². The van der Waals surface area contributed by atoms with E-state index >= 15 is 0 Å². The quantitative estimate of drug-likeness (QED) is 0.520. The van der Waals surface area contributed by atoms with Gasteiger partial charge in [0.05, 0.1) is 13.2 Å². The lowest BCUT2D eigenvalue weighted by Gasteiger charge is -2.20. The summed E-state index contributed by atoms with van der Waals surface area (Å²) in [4.78, 5) is 36.5. The molecule has 11 nitrogen and oxygen atoms in total. The summed E-state index contributed by atoms with van der Waals surface area (Å²) in [7, 11) is 0. The second-order valence-electron chi connectivity index (χ2n) is 4.60. The van der Waals surface area contributed by atoms with Crippen molar-refractivity contribution < 1.29 is 24.3 Å². The van der Waals surface area contributed by atoms with E-state index in [1.54, 1.807) is 30.9 Å². The molecule has 0 unspecified atom stereocenters. The summed E-state index contributed by atoms with van der Waals surface area (Å²) in [5.41, 5.74) is -0.432. The molecule has 0 bridgehead atoms. The topological polar surface area (TPSA) is 131 Å². The highest BCUT2D eigenvalue weighted by molar-refractivity contribution is 5.82. The number of ether oxygens (including phenoxy) is 2. The lowest BCUT2D eigenvalue weighted by Crippen LogP contribution is -2.35. The van der Waals surface area contributed by atoms with E-state index in [0.717, 1.165) is 0 Å². The second-order valence-corrected chi connectivity index (χ2v) is 4.60. The van der Waals surface area contributed by atoms with Crippen molar-refractivity contribution in [1.82, 2.24) is 14.7 Å². The van der Waals surface area contributed by atoms with Gasteiger partial charge in [-0.15, -0.1) is 22.9 Å². The summed E-state index contributed by atoms with van der Waals surface area (Å²) >= 11 is 0. The molecule has 0 saturated heterocycles. The zero-order chi connectivity index (χ0) is 19.5. The Morgan fingerprint density at radius 3 is 2.38 bits per heavy atom. The van der Waals surface area contributed by atoms with Crippen LogP contribution in [0.25, 0.3) is 0 Å². The van der Waals surface area contributed by atoms with Crippen LogP contribution >= 0.6 is 0 Å². The molecule has 1 heterocycles. The third-order valence-corrected chi connectivity index (χ3v) is 2.73. The number of rotatable bonds is 8. The van der Waals surface area contributed by atoms with Crippen LogP contribution in [-0.2, 0) is 9.47 Å². The Kier molecular flexibility index (Phi) is 8.34. The average molecular weight is 366 g/mol. The first-order valence-electron chi connectivity index (χ1n) is 7.79. The van der Waals surface area contributed by atoms with Gasteiger partial charge in [0.15, 0.2) is 0 Å². The Morgan fingerprint density at radius 2 is 1.85 bits per heavy atom. The minimum Gasteiger partial charge on any atom is -0.450 e. The molecule has 142 valence electrons. The number of nitrogens with zero attached hydrogens (tertiary/aromatic N) is 5. The van der Waals surface area contributed by atoms with Crippen molar-refractivity contribution in [3.8, 4) is 0 Å². The van der Waals surface area contributed by atoms with Crippen molar-refractivity contribution in [3.05, 3.63) is 30.9 Å².